The van der Waals surface area contributed by atoms with Crippen LogP contribution in [0.25, 0.3) is 0 Å². The Morgan fingerprint density at radius 1 is 1.14 bits per heavy atom. The van der Waals surface area contributed by atoms with Gasteiger partial charge in [-0.15, -0.1) is 0 Å². The molecule has 0 aliphatic rings. The highest BCUT2D eigenvalue weighted by molar-refractivity contribution is 7.90. The molecule has 0 aliphatic carbocycles. The van der Waals surface area contributed by atoms with Crippen LogP contribution in [0, 0.1) is 12.7 Å². The number of benzene rings is 2. The van der Waals surface area contributed by atoms with Gasteiger partial charge in [0.05, 0.1) is 16.2 Å². The Hall–Kier alpha value is -2.21. The summed E-state index contributed by atoms with van der Waals surface area (Å²) in [5.74, 6) is -2.73. The summed E-state index contributed by atoms with van der Waals surface area (Å²) in [6.45, 7) is 1.89. The molecular weight excluding hydrogens is 295 g/mol. The summed E-state index contributed by atoms with van der Waals surface area (Å²) in [7, 11) is -3.73. The van der Waals surface area contributed by atoms with Gasteiger partial charge in [-0.1, -0.05) is 29.8 Å². The largest absolute Gasteiger partial charge is 0.478 e. The predicted molar refractivity (Wildman–Crippen MR) is 75.4 cm³/mol. The molecule has 2 aromatic rings. The van der Waals surface area contributed by atoms with Gasteiger partial charge in [-0.2, -0.15) is 0 Å². The Kier molecular flexibility index (Phi) is 4.09. The number of halogens is 1. The van der Waals surface area contributed by atoms with E-state index in [1.54, 1.807) is 24.3 Å². The summed E-state index contributed by atoms with van der Waals surface area (Å²) in [6.07, 6.45) is 0. The zero-order valence-corrected chi connectivity index (χ0v) is 12.0. The summed E-state index contributed by atoms with van der Waals surface area (Å²) in [5, 5.41) is 8.84. The third-order valence-electron chi connectivity index (χ3n) is 3.00. The Bertz CT molecular complexity index is 780. The smallest absolute Gasteiger partial charge is 0.338 e. The van der Waals surface area contributed by atoms with Crippen LogP contribution >= 0.6 is 0 Å². The van der Waals surface area contributed by atoms with Crippen LogP contribution in [0.4, 0.5) is 4.39 Å². The SMILES string of the molecule is Cc1ccc(CS(=O)(=O)c2ccc(F)c(C(=O)O)c2)cc1. The molecule has 2 aromatic carbocycles. The molecule has 0 unspecified atom stereocenters. The maximum atomic E-state index is 13.3. The van der Waals surface area contributed by atoms with Crippen LogP contribution in [0.15, 0.2) is 47.4 Å². The second-order valence-corrected chi connectivity index (χ2v) is 6.68. The predicted octanol–water partition coefficient (Wildman–Crippen LogP) is 2.81. The number of rotatable bonds is 4. The van der Waals surface area contributed by atoms with Gasteiger partial charge in [0.1, 0.15) is 5.82 Å². The van der Waals surface area contributed by atoms with Gasteiger partial charge in [0, 0.05) is 0 Å². The van der Waals surface area contributed by atoms with Gasteiger partial charge in [-0.25, -0.2) is 17.6 Å². The van der Waals surface area contributed by atoms with E-state index in [0.717, 1.165) is 23.8 Å². The van der Waals surface area contributed by atoms with E-state index in [1.165, 1.54) is 0 Å². The van der Waals surface area contributed by atoms with Crippen molar-refractivity contribution in [2.24, 2.45) is 0 Å². The summed E-state index contributed by atoms with van der Waals surface area (Å²) in [5.41, 5.74) is 0.938. The van der Waals surface area contributed by atoms with Gasteiger partial charge in [0.2, 0.25) is 0 Å². The lowest BCUT2D eigenvalue weighted by molar-refractivity contribution is 0.0691. The van der Waals surface area contributed by atoms with Crippen molar-refractivity contribution in [3.63, 3.8) is 0 Å². The van der Waals surface area contributed by atoms with Crippen LogP contribution in [0.2, 0.25) is 0 Å². The molecule has 0 aliphatic heterocycles. The number of aryl methyl sites for hydroxylation is 1. The summed E-state index contributed by atoms with van der Waals surface area (Å²) in [4.78, 5) is 10.7. The van der Waals surface area contributed by atoms with E-state index < -0.39 is 27.2 Å². The van der Waals surface area contributed by atoms with Gasteiger partial charge in [0.15, 0.2) is 9.84 Å². The molecule has 0 saturated carbocycles. The van der Waals surface area contributed by atoms with Crippen molar-refractivity contribution in [2.75, 3.05) is 0 Å². The first-order valence-corrected chi connectivity index (χ1v) is 7.76. The number of hydrogen-bond donors (Lipinski definition) is 1. The average Bonchev–Trinajstić information content (AvgIpc) is 2.41. The van der Waals surface area contributed by atoms with Crippen molar-refractivity contribution in [3.8, 4) is 0 Å². The quantitative estimate of drug-likeness (QED) is 0.882. The van der Waals surface area contributed by atoms with E-state index in [9.17, 15) is 17.6 Å². The molecule has 0 saturated heterocycles. The van der Waals surface area contributed by atoms with Crippen LogP contribution in [0.5, 0.6) is 0 Å². The molecule has 110 valence electrons. The molecular formula is C15H13FO4S. The monoisotopic (exact) mass is 308 g/mol. The molecule has 2 rings (SSSR count). The van der Waals surface area contributed by atoms with Crippen molar-refractivity contribution >= 4 is 15.8 Å². The second kappa shape index (κ2) is 5.65. The fourth-order valence-corrected chi connectivity index (χ4v) is 3.22. The minimum Gasteiger partial charge on any atom is -0.478 e. The van der Waals surface area contributed by atoms with Crippen molar-refractivity contribution in [2.45, 2.75) is 17.6 Å². The topological polar surface area (TPSA) is 71.4 Å². The number of aromatic carboxylic acids is 1. The van der Waals surface area contributed by atoms with Crippen molar-refractivity contribution in [3.05, 3.63) is 65.0 Å². The molecule has 0 spiro atoms. The highest BCUT2D eigenvalue weighted by Crippen LogP contribution is 2.20. The summed E-state index contributed by atoms with van der Waals surface area (Å²) in [6, 6.07) is 9.73. The van der Waals surface area contributed by atoms with Gasteiger partial charge in [-0.05, 0) is 30.7 Å². The third-order valence-corrected chi connectivity index (χ3v) is 4.69. The van der Waals surface area contributed by atoms with Crippen LogP contribution in [0.1, 0.15) is 21.5 Å². The van der Waals surface area contributed by atoms with Crippen LogP contribution in [-0.4, -0.2) is 19.5 Å². The fraction of sp³-hybridized carbons (Fsp3) is 0.133. The highest BCUT2D eigenvalue weighted by atomic mass is 32.2. The van der Waals surface area contributed by atoms with Gasteiger partial charge < -0.3 is 5.11 Å². The minimum absolute atomic E-state index is 0.207. The van der Waals surface area contributed by atoms with E-state index in [-0.39, 0.29) is 10.6 Å². The lowest BCUT2D eigenvalue weighted by Crippen LogP contribution is -2.08. The van der Waals surface area contributed by atoms with Crippen molar-refractivity contribution < 1.29 is 22.7 Å². The van der Waals surface area contributed by atoms with Crippen LogP contribution in [-0.2, 0) is 15.6 Å². The molecule has 21 heavy (non-hydrogen) atoms. The van der Waals surface area contributed by atoms with Crippen molar-refractivity contribution in [1.82, 2.24) is 0 Å². The zero-order valence-electron chi connectivity index (χ0n) is 11.2. The zero-order chi connectivity index (χ0) is 15.6. The standard InChI is InChI=1S/C15H13FO4S/c1-10-2-4-11(5-3-10)9-21(19,20)12-6-7-14(16)13(8-12)15(17)18/h2-8H,9H2,1H3,(H,17,18). The lowest BCUT2D eigenvalue weighted by Gasteiger charge is -2.07. The fourth-order valence-electron chi connectivity index (χ4n) is 1.85. The highest BCUT2D eigenvalue weighted by Gasteiger charge is 2.19. The van der Waals surface area contributed by atoms with Crippen LogP contribution < -0.4 is 0 Å². The number of carboxylic acid groups (broad SMARTS) is 1. The Balaban J connectivity index is 2.38. The third kappa shape index (κ3) is 3.46. The average molecular weight is 308 g/mol. The molecule has 0 fully saturated rings. The van der Waals surface area contributed by atoms with E-state index in [4.69, 9.17) is 5.11 Å². The second-order valence-electron chi connectivity index (χ2n) is 4.69. The number of carboxylic acids is 1. The van der Waals surface area contributed by atoms with E-state index >= 15 is 0 Å². The Labute approximate surface area is 121 Å². The van der Waals surface area contributed by atoms with Gasteiger partial charge >= 0.3 is 5.97 Å². The normalized spacial score (nSPS) is 11.3. The maximum Gasteiger partial charge on any atom is 0.338 e. The summed E-state index contributed by atoms with van der Waals surface area (Å²) < 4.78 is 37.8. The molecule has 6 heteroatoms. The lowest BCUT2D eigenvalue weighted by atomic mass is 10.2. The Morgan fingerprint density at radius 2 is 1.76 bits per heavy atom. The number of sulfone groups is 1. The molecule has 0 bridgehead atoms. The minimum atomic E-state index is -3.73. The Morgan fingerprint density at radius 3 is 2.33 bits per heavy atom. The summed E-state index contributed by atoms with van der Waals surface area (Å²) >= 11 is 0. The van der Waals surface area contributed by atoms with E-state index in [1.807, 2.05) is 6.92 Å². The molecule has 0 atom stereocenters. The molecule has 0 heterocycles. The van der Waals surface area contributed by atoms with Gasteiger partial charge in [0.25, 0.3) is 0 Å². The van der Waals surface area contributed by atoms with Crippen LogP contribution in [0.3, 0.4) is 0 Å². The van der Waals surface area contributed by atoms with Gasteiger partial charge in [-0.3, -0.25) is 0 Å². The van der Waals surface area contributed by atoms with E-state index in [2.05, 4.69) is 0 Å². The molecule has 0 radical (unpaired) electrons. The molecule has 0 amide bonds. The first kappa shape index (κ1) is 15.2. The van der Waals surface area contributed by atoms with E-state index in [0.29, 0.717) is 5.56 Å². The first-order chi connectivity index (χ1) is 9.79. The number of carbonyl (C=O) groups is 1. The number of hydrogen-bond acceptors (Lipinski definition) is 3. The maximum absolute atomic E-state index is 13.3. The first-order valence-electron chi connectivity index (χ1n) is 6.11. The van der Waals surface area contributed by atoms with Crippen molar-refractivity contribution in [1.29, 1.82) is 0 Å². The molecule has 4 nitrogen and oxygen atoms in total. The molecule has 1 N–H and O–H groups in total. The molecule has 0 aromatic heterocycles.